The lowest BCUT2D eigenvalue weighted by molar-refractivity contribution is 0.156. The van der Waals surface area contributed by atoms with Crippen LogP contribution in [0.2, 0.25) is 0 Å². The van der Waals surface area contributed by atoms with E-state index in [0.717, 1.165) is 31.6 Å². The fraction of sp³-hybridized carbons (Fsp3) is 0.391. The van der Waals surface area contributed by atoms with Crippen LogP contribution in [0.15, 0.2) is 39.6 Å². The van der Waals surface area contributed by atoms with Gasteiger partial charge in [0.15, 0.2) is 17.0 Å². The molecule has 4 aromatic rings. The number of nitrogens with zero attached hydrogens (tertiary/aromatic N) is 5. The number of halogens is 2. The maximum atomic E-state index is 13.5. The monoisotopic (exact) mass is 470 g/mol. The molecule has 3 aromatic heterocycles. The molecular formula is C23H24F2N6O3. The van der Waals surface area contributed by atoms with Gasteiger partial charge in [-0.1, -0.05) is 13.0 Å². The van der Waals surface area contributed by atoms with Crippen LogP contribution in [-0.2, 0) is 13.2 Å². The van der Waals surface area contributed by atoms with E-state index < -0.39 is 6.67 Å². The van der Waals surface area contributed by atoms with Gasteiger partial charge in [0.1, 0.15) is 24.4 Å². The Hall–Kier alpha value is -3.76. The summed E-state index contributed by atoms with van der Waals surface area (Å²) in [6, 6.07) is 8.15. The highest BCUT2D eigenvalue weighted by molar-refractivity contribution is 5.74. The van der Waals surface area contributed by atoms with Gasteiger partial charge in [0.25, 0.3) is 11.4 Å². The first kappa shape index (κ1) is 22.1. The largest absolute Gasteiger partial charge is 0.472 e. The van der Waals surface area contributed by atoms with Crippen molar-refractivity contribution in [3.8, 4) is 17.5 Å². The number of H-pyrrole nitrogens is 1. The SMILES string of the molecule is CCCn1c(CF)nc2nc(-c3cc(OC4CCN(c5cccc(F)c5)CC4)no3)[nH]c2c1=O. The summed E-state index contributed by atoms with van der Waals surface area (Å²) in [6.45, 7) is 2.88. The van der Waals surface area contributed by atoms with Crippen molar-refractivity contribution in [2.75, 3.05) is 18.0 Å². The molecule has 1 N–H and O–H groups in total. The number of benzene rings is 1. The third-order valence-corrected chi connectivity index (χ3v) is 5.88. The normalized spacial score (nSPS) is 14.7. The molecule has 1 saturated heterocycles. The van der Waals surface area contributed by atoms with Gasteiger partial charge in [-0.2, -0.15) is 0 Å². The topological polar surface area (TPSA) is 102 Å². The molecule has 11 heteroatoms. The molecule has 0 spiro atoms. The number of aromatic amines is 1. The predicted molar refractivity (Wildman–Crippen MR) is 121 cm³/mol. The highest BCUT2D eigenvalue weighted by Crippen LogP contribution is 2.26. The minimum absolute atomic E-state index is 0.0450. The van der Waals surface area contributed by atoms with Crippen molar-refractivity contribution in [2.24, 2.45) is 0 Å². The molecule has 0 saturated carbocycles. The zero-order chi connectivity index (χ0) is 23.7. The minimum Gasteiger partial charge on any atom is -0.472 e. The summed E-state index contributed by atoms with van der Waals surface area (Å²) in [4.78, 5) is 26.3. The van der Waals surface area contributed by atoms with Gasteiger partial charge in [-0.05, 0) is 29.8 Å². The van der Waals surface area contributed by atoms with E-state index in [4.69, 9.17) is 9.26 Å². The standard InChI is InChI=1S/C23H24F2N6O3/c1-2-8-31-18(13-24)26-22-20(23(31)32)27-21(28-22)17-12-19(29-34-17)33-16-6-9-30(10-7-16)15-5-3-4-14(25)11-15/h3-5,11-12,16H,2,6-10,13H2,1H3,(H,27,28). The Balaban J connectivity index is 1.29. The number of imidazole rings is 1. The summed E-state index contributed by atoms with van der Waals surface area (Å²) >= 11 is 0. The van der Waals surface area contributed by atoms with E-state index in [-0.39, 0.29) is 46.1 Å². The van der Waals surface area contributed by atoms with E-state index in [1.165, 1.54) is 16.7 Å². The molecule has 1 fully saturated rings. The van der Waals surface area contributed by atoms with Crippen molar-refractivity contribution < 1.29 is 18.0 Å². The summed E-state index contributed by atoms with van der Waals surface area (Å²) in [7, 11) is 0. The first-order valence-corrected chi connectivity index (χ1v) is 11.3. The number of aromatic nitrogens is 5. The van der Waals surface area contributed by atoms with E-state index in [9.17, 15) is 13.6 Å². The van der Waals surface area contributed by atoms with Crippen LogP contribution in [0.25, 0.3) is 22.7 Å². The number of anilines is 1. The molecule has 0 amide bonds. The molecule has 178 valence electrons. The van der Waals surface area contributed by atoms with Crippen LogP contribution in [0.5, 0.6) is 5.88 Å². The second kappa shape index (κ2) is 9.24. The summed E-state index contributed by atoms with van der Waals surface area (Å²) < 4.78 is 39.5. The molecule has 1 aliphatic rings. The second-order valence-electron chi connectivity index (χ2n) is 8.22. The fourth-order valence-electron chi connectivity index (χ4n) is 4.20. The molecule has 4 heterocycles. The van der Waals surface area contributed by atoms with Gasteiger partial charge in [-0.25, -0.2) is 18.7 Å². The van der Waals surface area contributed by atoms with Crippen LogP contribution in [-0.4, -0.2) is 43.9 Å². The molecule has 9 nitrogen and oxygen atoms in total. The number of ether oxygens (including phenoxy) is 1. The van der Waals surface area contributed by atoms with Gasteiger partial charge >= 0.3 is 0 Å². The Labute approximate surface area is 193 Å². The van der Waals surface area contributed by atoms with Gasteiger partial charge in [0.05, 0.1) is 6.07 Å². The molecule has 34 heavy (non-hydrogen) atoms. The molecular weight excluding hydrogens is 446 g/mol. The Kier molecular flexibility index (Phi) is 5.99. The second-order valence-corrected chi connectivity index (χ2v) is 8.22. The van der Waals surface area contributed by atoms with Crippen molar-refractivity contribution in [2.45, 2.75) is 45.5 Å². The predicted octanol–water partition coefficient (Wildman–Crippen LogP) is 3.84. The number of hydrogen-bond donors (Lipinski definition) is 1. The zero-order valence-corrected chi connectivity index (χ0v) is 18.6. The molecule has 0 atom stereocenters. The van der Waals surface area contributed by atoms with Crippen LogP contribution in [0.3, 0.4) is 0 Å². The molecule has 1 aliphatic heterocycles. The number of rotatable bonds is 7. The van der Waals surface area contributed by atoms with Crippen LogP contribution >= 0.6 is 0 Å². The van der Waals surface area contributed by atoms with Crippen molar-refractivity contribution in [3.63, 3.8) is 0 Å². The number of nitrogens with one attached hydrogen (secondary N) is 1. The van der Waals surface area contributed by atoms with Gasteiger partial charge in [-0.15, -0.1) is 0 Å². The number of alkyl halides is 1. The fourth-order valence-corrected chi connectivity index (χ4v) is 4.20. The van der Waals surface area contributed by atoms with E-state index in [1.807, 2.05) is 13.0 Å². The maximum Gasteiger partial charge on any atom is 0.279 e. The van der Waals surface area contributed by atoms with Crippen molar-refractivity contribution in [1.29, 1.82) is 0 Å². The lowest BCUT2D eigenvalue weighted by Gasteiger charge is -2.33. The average molecular weight is 470 g/mol. The van der Waals surface area contributed by atoms with Crippen LogP contribution < -0.4 is 15.2 Å². The minimum atomic E-state index is -0.855. The zero-order valence-electron chi connectivity index (χ0n) is 18.6. The Morgan fingerprint density at radius 2 is 2.06 bits per heavy atom. The van der Waals surface area contributed by atoms with Gasteiger partial charge in [-0.3, -0.25) is 9.36 Å². The van der Waals surface area contributed by atoms with E-state index in [1.54, 1.807) is 12.1 Å². The van der Waals surface area contributed by atoms with Gasteiger partial charge < -0.3 is 19.1 Å². The van der Waals surface area contributed by atoms with Crippen LogP contribution in [0.4, 0.5) is 14.5 Å². The number of hydrogen-bond acceptors (Lipinski definition) is 7. The van der Waals surface area contributed by atoms with Crippen LogP contribution in [0.1, 0.15) is 32.0 Å². The first-order chi connectivity index (χ1) is 16.6. The highest BCUT2D eigenvalue weighted by atomic mass is 19.1. The Morgan fingerprint density at radius 1 is 1.24 bits per heavy atom. The smallest absolute Gasteiger partial charge is 0.279 e. The summed E-state index contributed by atoms with van der Waals surface area (Å²) in [5, 5.41) is 3.96. The van der Waals surface area contributed by atoms with E-state index in [2.05, 4.69) is 25.0 Å². The molecule has 0 unspecified atom stereocenters. The lowest BCUT2D eigenvalue weighted by atomic mass is 10.1. The number of fused-ring (bicyclic) bond motifs is 1. The third-order valence-electron chi connectivity index (χ3n) is 5.88. The average Bonchev–Trinajstić information content (AvgIpc) is 3.48. The van der Waals surface area contributed by atoms with E-state index in [0.29, 0.717) is 18.8 Å². The molecule has 5 rings (SSSR count). The maximum absolute atomic E-state index is 13.5. The van der Waals surface area contributed by atoms with Crippen molar-refractivity contribution >= 4 is 16.9 Å². The van der Waals surface area contributed by atoms with E-state index >= 15 is 0 Å². The summed E-state index contributed by atoms with van der Waals surface area (Å²) in [5.74, 6) is 0.649. The first-order valence-electron chi connectivity index (χ1n) is 11.3. The van der Waals surface area contributed by atoms with Crippen LogP contribution in [0, 0.1) is 5.82 Å². The van der Waals surface area contributed by atoms with Gasteiger partial charge in [0, 0.05) is 38.2 Å². The van der Waals surface area contributed by atoms with Crippen molar-refractivity contribution in [1.82, 2.24) is 24.7 Å². The van der Waals surface area contributed by atoms with Crippen molar-refractivity contribution in [3.05, 3.63) is 52.3 Å². The molecule has 0 radical (unpaired) electrons. The highest BCUT2D eigenvalue weighted by Gasteiger charge is 2.23. The lowest BCUT2D eigenvalue weighted by Crippen LogP contribution is -2.38. The molecule has 0 bridgehead atoms. The third kappa shape index (κ3) is 4.25. The quantitative estimate of drug-likeness (QED) is 0.438. The van der Waals surface area contributed by atoms with Gasteiger partial charge in [0.2, 0.25) is 5.76 Å². The summed E-state index contributed by atoms with van der Waals surface area (Å²) in [5.41, 5.74) is 0.793. The summed E-state index contributed by atoms with van der Waals surface area (Å²) in [6.07, 6.45) is 2.10. The molecule has 0 aliphatic carbocycles. The Morgan fingerprint density at radius 3 is 2.79 bits per heavy atom. The molecule has 1 aromatic carbocycles. The Bertz CT molecular complexity index is 1360. The number of piperidine rings is 1.